The topological polar surface area (TPSA) is 221 Å². The molecule has 0 radical (unpaired) electrons. The van der Waals surface area contributed by atoms with Gasteiger partial charge in [0.2, 0.25) is 5.60 Å². The maximum Gasteiger partial charge on any atom is 0.459 e. The van der Waals surface area contributed by atoms with Gasteiger partial charge in [-0.2, -0.15) is 15.4 Å². The number of fused-ring (bicyclic) bond motifs is 1. The van der Waals surface area contributed by atoms with Crippen LogP contribution in [0, 0.1) is 27.4 Å². The Labute approximate surface area is 252 Å². The third kappa shape index (κ3) is 7.05. The highest BCUT2D eigenvalue weighted by Crippen LogP contribution is 2.48. The van der Waals surface area contributed by atoms with Crippen LogP contribution in [-0.2, 0) is 23.4 Å². The highest BCUT2D eigenvalue weighted by atomic mass is 31.2. The van der Waals surface area contributed by atoms with Gasteiger partial charge in [-0.3, -0.25) is 19.4 Å². The molecule has 3 heterocycles. The number of benzene rings is 1. The van der Waals surface area contributed by atoms with Crippen molar-refractivity contribution in [3.8, 4) is 11.8 Å². The Hall–Kier alpha value is -3.97. The second-order valence-electron chi connectivity index (χ2n) is 10.3. The fourth-order valence-electron chi connectivity index (χ4n) is 4.56. The molecule has 1 fully saturated rings. The van der Waals surface area contributed by atoms with Gasteiger partial charge in [0.15, 0.2) is 0 Å². The second kappa shape index (κ2) is 13.8. The molecule has 236 valence electrons. The standard InChI is InChI=1S/C27H33N6O10P/c1-4-18(5-2)13-40-26(36)17(3)31-44(39,43-21-9-6-19(7-10-21)33(37)38)41-15-27(14-28)25(35)23(34)24(42-27)22-11-8-20-12-29-16-30-32(20)22/h6-12,16-18,23-25,34-35H,4-5,13,15H2,1-3H3,(H,31,39)/t17-,23-,24-,25-,27+,44?/m0/s1. The summed E-state index contributed by atoms with van der Waals surface area (Å²) in [6, 6.07) is 8.38. The van der Waals surface area contributed by atoms with E-state index in [1.807, 2.05) is 13.8 Å². The first-order chi connectivity index (χ1) is 21.0. The molecule has 0 saturated carbocycles. The summed E-state index contributed by atoms with van der Waals surface area (Å²) in [5, 5.41) is 49.6. The van der Waals surface area contributed by atoms with Gasteiger partial charge in [-0.25, -0.2) is 14.1 Å². The quantitative estimate of drug-likeness (QED) is 0.101. The van der Waals surface area contributed by atoms with E-state index in [2.05, 4.69) is 15.2 Å². The maximum atomic E-state index is 14.0. The van der Waals surface area contributed by atoms with E-state index in [-0.39, 0.29) is 24.0 Å². The number of non-ortho nitro benzene ring substituents is 1. The first-order valence-electron chi connectivity index (χ1n) is 13.8. The molecule has 0 aliphatic carbocycles. The van der Waals surface area contributed by atoms with Crippen LogP contribution in [0.25, 0.3) is 5.52 Å². The molecule has 1 aliphatic heterocycles. The maximum absolute atomic E-state index is 14.0. The molecule has 0 spiro atoms. The number of esters is 1. The summed E-state index contributed by atoms with van der Waals surface area (Å²) in [6.45, 7) is 4.54. The molecule has 3 N–H and O–H groups in total. The lowest BCUT2D eigenvalue weighted by molar-refractivity contribution is -0.384. The number of aliphatic hydroxyl groups is 2. The first-order valence-corrected chi connectivity index (χ1v) is 15.4. The average Bonchev–Trinajstić information content (AvgIpc) is 3.55. The van der Waals surface area contributed by atoms with Crippen molar-refractivity contribution in [3.05, 3.63) is 64.7 Å². The number of carbonyl (C=O) groups excluding carboxylic acids is 1. The molecular weight excluding hydrogens is 599 g/mol. The molecular formula is C27H33N6O10P. The van der Waals surface area contributed by atoms with Crippen molar-refractivity contribution < 1.29 is 43.0 Å². The SMILES string of the molecule is CCC(CC)COC(=O)[C@H](C)NP(=O)(OC[C@@]1(C#N)O[C@@H](c2ccc3cncnn23)[C@H](O)[C@@H]1O)Oc1ccc([N+](=O)[O-])cc1. The van der Waals surface area contributed by atoms with Gasteiger partial charge in [0.25, 0.3) is 5.69 Å². The van der Waals surface area contributed by atoms with Gasteiger partial charge in [0.05, 0.1) is 28.9 Å². The molecule has 16 nitrogen and oxygen atoms in total. The predicted molar refractivity (Wildman–Crippen MR) is 152 cm³/mol. The zero-order valence-corrected chi connectivity index (χ0v) is 25.1. The fourth-order valence-corrected chi connectivity index (χ4v) is 6.08. The van der Waals surface area contributed by atoms with Crippen molar-refractivity contribution in [1.29, 1.82) is 5.26 Å². The zero-order valence-electron chi connectivity index (χ0n) is 24.2. The Morgan fingerprint density at radius 3 is 2.61 bits per heavy atom. The van der Waals surface area contributed by atoms with E-state index in [0.717, 1.165) is 25.0 Å². The highest BCUT2D eigenvalue weighted by molar-refractivity contribution is 7.52. The van der Waals surface area contributed by atoms with Crippen LogP contribution in [0.4, 0.5) is 5.69 Å². The summed E-state index contributed by atoms with van der Waals surface area (Å²) in [5.41, 5.74) is -1.62. The van der Waals surface area contributed by atoms with Crippen LogP contribution >= 0.6 is 7.75 Å². The van der Waals surface area contributed by atoms with Crippen LogP contribution in [0.2, 0.25) is 0 Å². The van der Waals surface area contributed by atoms with Crippen molar-refractivity contribution in [1.82, 2.24) is 19.7 Å². The monoisotopic (exact) mass is 632 g/mol. The minimum Gasteiger partial charge on any atom is -0.464 e. The molecule has 1 aliphatic rings. The van der Waals surface area contributed by atoms with E-state index in [4.69, 9.17) is 18.5 Å². The number of nitriles is 1. The van der Waals surface area contributed by atoms with Gasteiger partial charge in [-0.15, -0.1) is 0 Å². The molecule has 4 rings (SSSR count). The van der Waals surface area contributed by atoms with Gasteiger partial charge in [0.1, 0.15) is 49.1 Å². The van der Waals surface area contributed by atoms with Gasteiger partial charge >= 0.3 is 13.7 Å². The summed E-state index contributed by atoms with van der Waals surface area (Å²) in [7, 11) is -4.60. The lowest BCUT2D eigenvalue weighted by atomic mass is 9.96. The summed E-state index contributed by atoms with van der Waals surface area (Å²) in [5.74, 6) is -0.747. The molecule has 1 saturated heterocycles. The molecule has 17 heteroatoms. The molecule has 0 amide bonds. The van der Waals surface area contributed by atoms with Crippen molar-refractivity contribution in [3.63, 3.8) is 0 Å². The summed E-state index contributed by atoms with van der Waals surface area (Å²) in [6.07, 6.45) is -0.338. The number of ether oxygens (including phenoxy) is 2. The van der Waals surface area contributed by atoms with Gasteiger partial charge in [0, 0.05) is 12.1 Å². The molecule has 1 aromatic carbocycles. The van der Waals surface area contributed by atoms with Crippen molar-refractivity contribution in [2.75, 3.05) is 13.2 Å². The average molecular weight is 633 g/mol. The van der Waals surface area contributed by atoms with Crippen molar-refractivity contribution in [2.45, 2.75) is 63.6 Å². The summed E-state index contributed by atoms with van der Waals surface area (Å²) >= 11 is 0. The minimum absolute atomic E-state index is 0.125. The van der Waals surface area contributed by atoms with E-state index in [1.165, 1.54) is 36.1 Å². The molecule has 3 aromatic rings. The van der Waals surface area contributed by atoms with Crippen molar-refractivity contribution in [2.24, 2.45) is 5.92 Å². The lowest BCUT2D eigenvalue weighted by Gasteiger charge is -2.28. The molecule has 0 bridgehead atoms. The molecule has 44 heavy (non-hydrogen) atoms. The number of nitrogens with one attached hydrogen (secondary N) is 1. The van der Waals surface area contributed by atoms with Crippen LogP contribution in [0.5, 0.6) is 5.75 Å². The third-order valence-electron chi connectivity index (χ3n) is 7.33. The van der Waals surface area contributed by atoms with Gasteiger partial charge in [-0.05, 0) is 37.1 Å². The van der Waals surface area contributed by atoms with Crippen LogP contribution in [0.15, 0.2) is 48.9 Å². The molecule has 6 atom stereocenters. The number of carbonyl (C=O) groups is 1. The summed E-state index contributed by atoms with van der Waals surface area (Å²) in [4.78, 5) is 27.1. The Kier molecular flexibility index (Phi) is 10.3. The van der Waals surface area contributed by atoms with Crippen LogP contribution < -0.4 is 9.61 Å². The molecule has 2 aromatic heterocycles. The number of nitro benzene ring substituents is 1. The Morgan fingerprint density at radius 2 is 1.98 bits per heavy atom. The Balaban J connectivity index is 1.57. The van der Waals surface area contributed by atoms with Crippen LogP contribution in [0.1, 0.15) is 45.4 Å². The van der Waals surface area contributed by atoms with Crippen molar-refractivity contribution >= 4 is 24.9 Å². The van der Waals surface area contributed by atoms with Gasteiger partial charge in [-0.1, -0.05) is 26.7 Å². The number of nitrogens with zero attached hydrogens (tertiary/aromatic N) is 5. The number of aliphatic hydroxyl groups excluding tert-OH is 2. The molecule has 1 unspecified atom stereocenters. The second-order valence-corrected chi connectivity index (χ2v) is 11.9. The van der Waals surface area contributed by atoms with E-state index in [1.54, 1.807) is 18.2 Å². The third-order valence-corrected chi connectivity index (χ3v) is 8.95. The fraction of sp³-hybridized carbons (Fsp3) is 0.481. The number of nitro groups is 1. The number of hydrogen-bond donors (Lipinski definition) is 3. The zero-order chi connectivity index (χ0) is 32.1. The number of aromatic nitrogens is 3. The minimum atomic E-state index is -4.60. The predicted octanol–water partition coefficient (Wildman–Crippen LogP) is 2.85. The number of hydrogen-bond acceptors (Lipinski definition) is 13. The van der Waals surface area contributed by atoms with E-state index in [0.29, 0.717) is 11.2 Å². The first kappa shape index (κ1) is 32.9. The van der Waals surface area contributed by atoms with Gasteiger partial charge < -0.3 is 24.2 Å². The van der Waals surface area contributed by atoms with Crippen LogP contribution in [0.3, 0.4) is 0 Å². The Morgan fingerprint density at radius 1 is 1.27 bits per heavy atom. The number of rotatable bonds is 14. The van der Waals surface area contributed by atoms with E-state index < -0.39 is 55.2 Å². The summed E-state index contributed by atoms with van der Waals surface area (Å²) < 4.78 is 37.8. The van der Waals surface area contributed by atoms with E-state index in [9.17, 15) is 34.9 Å². The largest absolute Gasteiger partial charge is 0.464 e. The lowest BCUT2D eigenvalue weighted by Crippen LogP contribution is -2.46. The smallest absolute Gasteiger partial charge is 0.459 e. The van der Waals surface area contributed by atoms with E-state index >= 15 is 0 Å². The van der Waals surface area contributed by atoms with Crippen LogP contribution in [-0.4, -0.2) is 72.8 Å². The highest BCUT2D eigenvalue weighted by Gasteiger charge is 2.57. The Bertz CT molecular complexity index is 1560. The normalized spacial score (nSPS) is 23.6.